The molecule has 2 N–H and O–H groups in total. The normalized spacial score (nSPS) is 30.0. The van der Waals surface area contributed by atoms with Crippen LogP contribution in [0.15, 0.2) is 42.1 Å². The number of hydrogen-bond donors (Lipinski definition) is 2. The Bertz CT molecular complexity index is 771. The molecule has 4 heterocycles. The second-order valence-electron chi connectivity index (χ2n) is 6.67. The average molecular weight is 310 g/mol. The van der Waals surface area contributed by atoms with Crippen molar-refractivity contribution in [1.82, 2.24) is 9.88 Å². The molecule has 0 amide bonds. The minimum absolute atomic E-state index is 0.144. The van der Waals surface area contributed by atoms with Crippen LogP contribution in [-0.2, 0) is 0 Å². The largest absolute Gasteiger partial charge is 0.508 e. The Labute approximate surface area is 136 Å². The lowest BCUT2D eigenvalue weighted by atomic mass is 9.76. The van der Waals surface area contributed by atoms with Crippen molar-refractivity contribution in [2.24, 2.45) is 5.92 Å². The highest BCUT2D eigenvalue weighted by molar-refractivity contribution is 5.83. The predicted molar refractivity (Wildman–Crippen MR) is 90.2 cm³/mol. The molecule has 2 bridgehead atoms. The molecule has 2 aromatic rings. The Morgan fingerprint density at radius 2 is 2.22 bits per heavy atom. The summed E-state index contributed by atoms with van der Waals surface area (Å²) in [6, 6.07) is 7.16. The van der Waals surface area contributed by atoms with Crippen LogP contribution in [0.2, 0.25) is 0 Å². The number of nitrogens with zero attached hydrogens (tertiary/aromatic N) is 2. The summed E-state index contributed by atoms with van der Waals surface area (Å²) in [4.78, 5) is 6.74. The van der Waals surface area contributed by atoms with E-state index < -0.39 is 6.10 Å². The van der Waals surface area contributed by atoms with Crippen molar-refractivity contribution >= 4 is 10.9 Å². The van der Waals surface area contributed by atoms with Crippen LogP contribution in [0.4, 0.5) is 0 Å². The van der Waals surface area contributed by atoms with Crippen LogP contribution in [-0.4, -0.2) is 39.2 Å². The number of benzene rings is 1. The molecular formula is C19H22N2O2. The monoisotopic (exact) mass is 310 g/mol. The first kappa shape index (κ1) is 14.7. The van der Waals surface area contributed by atoms with Gasteiger partial charge in [-0.15, -0.1) is 0 Å². The van der Waals surface area contributed by atoms with Gasteiger partial charge in [0.05, 0.1) is 11.6 Å². The second kappa shape index (κ2) is 5.62. The minimum Gasteiger partial charge on any atom is -0.508 e. The first-order chi connectivity index (χ1) is 11.2. The Hall–Kier alpha value is -1.91. The quantitative estimate of drug-likeness (QED) is 0.837. The maximum atomic E-state index is 11.0. The van der Waals surface area contributed by atoms with Crippen molar-refractivity contribution in [3.8, 4) is 5.75 Å². The molecule has 3 fully saturated rings. The van der Waals surface area contributed by atoms with E-state index in [-0.39, 0.29) is 11.8 Å². The molecule has 3 saturated heterocycles. The van der Waals surface area contributed by atoms with Gasteiger partial charge in [-0.1, -0.05) is 11.6 Å². The number of aliphatic hydroxyl groups excluding tert-OH is 1. The van der Waals surface area contributed by atoms with E-state index in [0.717, 1.165) is 36.0 Å². The van der Waals surface area contributed by atoms with Crippen LogP contribution in [0.1, 0.15) is 31.4 Å². The zero-order chi connectivity index (χ0) is 16.0. The SMILES string of the molecule is C/C=C1/CN2CC[C@@H]1C[C@H]2[C@H](O)c1ccnc2ccc(O)cc12. The summed E-state index contributed by atoms with van der Waals surface area (Å²) in [7, 11) is 0. The van der Waals surface area contributed by atoms with E-state index in [1.165, 1.54) is 12.0 Å². The van der Waals surface area contributed by atoms with Gasteiger partial charge in [-0.05, 0) is 62.1 Å². The number of fused-ring (bicyclic) bond motifs is 4. The summed E-state index contributed by atoms with van der Waals surface area (Å²) in [6.45, 7) is 4.14. The average Bonchev–Trinajstić information content (AvgIpc) is 2.60. The third-order valence-corrected chi connectivity index (χ3v) is 5.48. The van der Waals surface area contributed by atoms with Crippen molar-refractivity contribution < 1.29 is 10.2 Å². The summed E-state index contributed by atoms with van der Waals surface area (Å²) in [5.41, 5.74) is 3.19. The molecule has 0 radical (unpaired) electrons. The minimum atomic E-state index is -0.552. The number of piperidine rings is 3. The molecule has 1 aromatic heterocycles. The molecular weight excluding hydrogens is 288 g/mol. The molecule has 4 atom stereocenters. The van der Waals surface area contributed by atoms with E-state index in [1.807, 2.05) is 6.07 Å². The van der Waals surface area contributed by atoms with E-state index in [0.29, 0.717) is 5.92 Å². The van der Waals surface area contributed by atoms with Crippen molar-refractivity contribution in [2.75, 3.05) is 13.1 Å². The maximum Gasteiger partial charge on any atom is 0.116 e. The zero-order valence-corrected chi connectivity index (χ0v) is 13.3. The molecule has 3 aliphatic rings. The van der Waals surface area contributed by atoms with Crippen LogP contribution in [0.5, 0.6) is 5.75 Å². The molecule has 1 aromatic carbocycles. The van der Waals surface area contributed by atoms with E-state index >= 15 is 0 Å². The van der Waals surface area contributed by atoms with Crippen LogP contribution in [0.25, 0.3) is 10.9 Å². The summed E-state index contributed by atoms with van der Waals surface area (Å²) in [5.74, 6) is 0.812. The number of phenolic OH excluding ortho intramolecular Hbond substituents is 1. The molecule has 23 heavy (non-hydrogen) atoms. The maximum absolute atomic E-state index is 11.0. The third kappa shape index (κ3) is 2.42. The molecule has 0 spiro atoms. The van der Waals surface area contributed by atoms with Gasteiger partial charge in [-0.3, -0.25) is 9.88 Å². The molecule has 4 heteroatoms. The highest BCUT2D eigenvalue weighted by atomic mass is 16.3. The fourth-order valence-electron chi connectivity index (χ4n) is 4.22. The number of pyridine rings is 1. The van der Waals surface area contributed by atoms with Gasteiger partial charge < -0.3 is 10.2 Å². The number of phenols is 1. The number of rotatable bonds is 2. The molecule has 1 unspecified atom stereocenters. The number of aliphatic hydroxyl groups is 1. The Morgan fingerprint density at radius 1 is 1.35 bits per heavy atom. The lowest BCUT2D eigenvalue weighted by Crippen LogP contribution is -2.52. The van der Waals surface area contributed by atoms with Crippen molar-refractivity contribution in [3.63, 3.8) is 0 Å². The van der Waals surface area contributed by atoms with Crippen molar-refractivity contribution in [3.05, 3.63) is 47.7 Å². The number of aromatic nitrogens is 1. The lowest BCUT2D eigenvalue weighted by Gasteiger charge is -2.48. The van der Waals surface area contributed by atoms with Gasteiger partial charge in [0.2, 0.25) is 0 Å². The van der Waals surface area contributed by atoms with Gasteiger partial charge in [0.25, 0.3) is 0 Å². The van der Waals surface area contributed by atoms with Crippen LogP contribution in [0, 0.1) is 5.92 Å². The molecule has 120 valence electrons. The highest BCUT2D eigenvalue weighted by Gasteiger charge is 2.40. The van der Waals surface area contributed by atoms with Gasteiger partial charge in [0, 0.05) is 24.2 Å². The molecule has 5 rings (SSSR count). The smallest absolute Gasteiger partial charge is 0.116 e. The number of hydrogen-bond acceptors (Lipinski definition) is 4. The fourth-order valence-corrected chi connectivity index (χ4v) is 4.22. The summed E-state index contributed by atoms with van der Waals surface area (Å²) in [5, 5.41) is 21.7. The number of allylic oxidation sites excluding steroid dienone is 1. The summed E-state index contributed by atoms with van der Waals surface area (Å²) in [6.07, 6.45) is 5.62. The topological polar surface area (TPSA) is 56.6 Å². The van der Waals surface area contributed by atoms with Crippen LogP contribution >= 0.6 is 0 Å². The van der Waals surface area contributed by atoms with Crippen LogP contribution < -0.4 is 0 Å². The van der Waals surface area contributed by atoms with Crippen molar-refractivity contribution in [1.29, 1.82) is 0 Å². The van der Waals surface area contributed by atoms with Gasteiger partial charge in [-0.25, -0.2) is 0 Å². The summed E-state index contributed by atoms with van der Waals surface area (Å²) >= 11 is 0. The van der Waals surface area contributed by atoms with E-state index in [2.05, 4.69) is 22.9 Å². The molecule has 0 aliphatic carbocycles. The van der Waals surface area contributed by atoms with E-state index in [9.17, 15) is 10.2 Å². The van der Waals surface area contributed by atoms with Gasteiger partial charge in [-0.2, -0.15) is 0 Å². The Morgan fingerprint density at radius 3 is 2.96 bits per heavy atom. The predicted octanol–water partition coefficient (Wildman–Crippen LogP) is 3.01. The lowest BCUT2D eigenvalue weighted by molar-refractivity contribution is -0.00340. The first-order valence-corrected chi connectivity index (χ1v) is 8.32. The third-order valence-electron chi connectivity index (χ3n) is 5.48. The Kier molecular flexibility index (Phi) is 3.58. The van der Waals surface area contributed by atoms with Gasteiger partial charge >= 0.3 is 0 Å². The van der Waals surface area contributed by atoms with E-state index in [4.69, 9.17) is 0 Å². The second-order valence-corrected chi connectivity index (χ2v) is 6.67. The molecule has 3 aliphatic heterocycles. The standard InChI is InChI=1S/C19H22N2O2/c1-2-12-11-21-8-6-13(12)9-18(21)19(23)15-5-7-20-17-4-3-14(22)10-16(15)17/h2-5,7,10,13,18-19,22-23H,6,8-9,11H2,1H3/b12-2-/t13-,18+,19-/m1/s1. The first-order valence-electron chi connectivity index (χ1n) is 8.32. The molecule has 0 saturated carbocycles. The Balaban J connectivity index is 1.70. The number of aromatic hydroxyl groups is 1. The van der Waals surface area contributed by atoms with Gasteiger partial charge in [0.1, 0.15) is 5.75 Å². The van der Waals surface area contributed by atoms with Crippen LogP contribution in [0.3, 0.4) is 0 Å². The summed E-state index contributed by atoms with van der Waals surface area (Å²) < 4.78 is 0. The van der Waals surface area contributed by atoms with Crippen molar-refractivity contribution in [2.45, 2.75) is 31.9 Å². The van der Waals surface area contributed by atoms with E-state index in [1.54, 1.807) is 24.4 Å². The zero-order valence-electron chi connectivity index (χ0n) is 13.3. The molecule has 4 nitrogen and oxygen atoms in total. The fraction of sp³-hybridized carbons (Fsp3) is 0.421. The highest BCUT2D eigenvalue weighted by Crippen LogP contribution is 2.41. The van der Waals surface area contributed by atoms with Gasteiger partial charge in [0.15, 0.2) is 0 Å².